The fourth-order valence-electron chi connectivity index (χ4n) is 2.49. The van der Waals surface area contributed by atoms with Crippen molar-refractivity contribution >= 4 is 25.2 Å². The SMILES string of the molecule is CCOP(=O)(CC(NS(=O)(=O)c1ccc(C)cc1)P(=O)(OCC)OCC)OCC. The van der Waals surface area contributed by atoms with Crippen LogP contribution in [0.3, 0.4) is 0 Å². The zero-order valence-corrected chi connectivity index (χ0v) is 20.1. The van der Waals surface area contributed by atoms with E-state index in [0.717, 1.165) is 5.56 Å². The maximum absolute atomic E-state index is 13.4. The van der Waals surface area contributed by atoms with Crippen LogP contribution in [-0.2, 0) is 37.2 Å². The molecule has 0 bridgehead atoms. The first-order chi connectivity index (χ1) is 13.6. The van der Waals surface area contributed by atoms with Crippen LogP contribution in [0.1, 0.15) is 33.3 Å². The van der Waals surface area contributed by atoms with E-state index in [-0.39, 0.29) is 31.3 Å². The van der Waals surface area contributed by atoms with Gasteiger partial charge in [-0.15, -0.1) is 0 Å². The molecule has 0 saturated carbocycles. The summed E-state index contributed by atoms with van der Waals surface area (Å²) in [6, 6.07) is 6.12. The highest BCUT2D eigenvalue weighted by atomic mass is 32.2. The number of sulfonamides is 1. The molecule has 0 aliphatic carbocycles. The monoisotopic (exact) mass is 471 g/mol. The van der Waals surface area contributed by atoms with Crippen LogP contribution in [0.4, 0.5) is 0 Å². The predicted molar refractivity (Wildman–Crippen MR) is 112 cm³/mol. The second-order valence-electron chi connectivity index (χ2n) is 5.95. The molecule has 1 aromatic carbocycles. The maximum atomic E-state index is 13.4. The van der Waals surface area contributed by atoms with Crippen LogP contribution in [0.15, 0.2) is 29.2 Å². The molecule has 0 saturated heterocycles. The first-order valence-corrected chi connectivity index (χ1v) is 14.2. The van der Waals surface area contributed by atoms with Gasteiger partial charge in [-0.3, -0.25) is 9.13 Å². The Bertz CT molecular complexity index is 808. The van der Waals surface area contributed by atoms with Crippen LogP contribution in [-0.4, -0.2) is 46.8 Å². The molecule has 0 radical (unpaired) electrons. The summed E-state index contributed by atoms with van der Waals surface area (Å²) in [5, 5.41) is 0. The van der Waals surface area contributed by atoms with E-state index >= 15 is 0 Å². The van der Waals surface area contributed by atoms with Crippen LogP contribution in [0, 0.1) is 6.92 Å². The first-order valence-electron chi connectivity index (χ1n) is 9.41. The van der Waals surface area contributed by atoms with Gasteiger partial charge in [0.05, 0.1) is 37.5 Å². The highest BCUT2D eigenvalue weighted by Crippen LogP contribution is 2.59. The first kappa shape index (κ1) is 26.5. The zero-order valence-electron chi connectivity index (χ0n) is 17.5. The van der Waals surface area contributed by atoms with E-state index in [1.54, 1.807) is 39.8 Å². The van der Waals surface area contributed by atoms with Gasteiger partial charge in [0.25, 0.3) is 0 Å². The van der Waals surface area contributed by atoms with E-state index in [2.05, 4.69) is 4.72 Å². The highest BCUT2D eigenvalue weighted by Gasteiger charge is 2.44. The van der Waals surface area contributed by atoms with E-state index in [4.69, 9.17) is 18.1 Å². The van der Waals surface area contributed by atoms with Crippen molar-refractivity contribution in [3.63, 3.8) is 0 Å². The molecule has 168 valence electrons. The van der Waals surface area contributed by atoms with Gasteiger partial charge in [-0.25, -0.2) is 8.42 Å². The molecule has 0 aliphatic rings. The fourth-order valence-corrected chi connectivity index (χ4v) is 8.76. The third-order valence-electron chi connectivity index (χ3n) is 3.67. The average Bonchev–Trinajstić information content (AvgIpc) is 2.62. The molecule has 12 heteroatoms. The maximum Gasteiger partial charge on any atom is 0.349 e. The average molecular weight is 471 g/mol. The smallest absolute Gasteiger partial charge is 0.309 e. The quantitative estimate of drug-likeness (QED) is 0.403. The molecular formula is C17H31NO8P2S. The van der Waals surface area contributed by atoms with Crippen molar-refractivity contribution < 1.29 is 35.6 Å². The summed E-state index contributed by atoms with van der Waals surface area (Å²) < 4.78 is 75.7. The van der Waals surface area contributed by atoms with Gasteiger partial charge in [-0.2, -0.15) is 4.72 Å². The summed E-state index contributed by atoms with van der Waals surface area (Å²) in [5.74, 6) is -1.46. The van der Waals surface area contributed by atoms with Gasteiger partial charge in [-0.1, -0.05) is 17.7 Å². The van der Waals surface area contributed by atoms with Crippen molar-refractivity contribution in [2.75, 3.05) is 32.6 Å². The molecule has 1 atom stereocenters. The van der Waals surface area contributed by atoms with Crippen molar-refractivity contribution in [1.29, 1.82) is 0 Å². The van der Waals surface area contributed by atoms with E-state index < -0.39 is 37.2 Å². The lowest BCUT2D eigenvalue weighted by atomic mass is 10.2. The van der Waals surface area contributed by atoms with Gasteiger partial charge in [0.2, 0.25) is 10.0 Å². The third kappa shape index (κ3) is 7.89. The lowest BCUT2D eigenvalue weighted by molar-refractivity contribution is 0.202. The number of benzene rings is 1. The van der Waals surface area contributed by atoms with Crippen LogP contribution < -0.4 is 4.72 Å². The molecule has 0 aromatic heterocycles. The Hall–Kier alpha value is -0.570. The summed E-state index contributed by atoms with van der Waals surface area (Å²) in [6.07, 6.45) is -0.503. The topological polar surface area (TPSA) is 117 Å². The molecule has 1 rings (SSSR count). The highest BCUT2D eigenvalue weighted by molar-refractivity contribution is 7.90. The standard InChI is InChI=1S/C17H31NO8P2S/c1-6-23-27(19,24-7-2)14-17(28(20,25-8-3)26-9-4)18-29(21,22)16-12-10-15(5)11-13-16/h10-13,17-18H,6-9,14H2,1-5H3. The minimum Gasteiger partial charge on any atom is -0.309 e. The van der Waals surface area contributed by atoms with Gasteiger partial charge in [0.1, 0.15) is 5.78 Å². The zero-order chi connectivity index (χ0) is 22.1. The molecule has 1 aromatic rings. The van der Waals surface area contributed by atoms with Gasteiger partial charge in [-0.05, 0) is 46.8 Å². The molecule has 1 N–H and O–H groups in total. The Morgan fingerprint density at radius 2 is 1.31 bits per heavy atom. The summed E-state index contributed by atoms with van der Waals surface area (Å²) in [4.78, 5) is -0.0321. The lowest BCUT2D eigenvalue weighted by Crippen LogP contribution is -2.38. The molecule has 29 heavy (non-hydrogen) atoms. The van der Waals surface area contributed by atoms with E-state index in [1.807, 2.05) is 6.92 Å². The molecule has 0 heterocycles. The van der Waals surface area contributed by atoms with Crippen LogP contribution in [0.5, 0.6) is 0 Å². The largest absolute Gasteiger partial charge is 0.349 e. The van der Waals surface area contributed by atoms with Crippen molar-refractivity contribution in [2.45, 2.75) is 45.3 Å². The lowest BCUT2D eigenvalue weighted by Gasteiger charge is -2.29. The van der Waals surface area contributed by atoms with Gasteiger partial charge >= 0.3 is 15.2 Å². The Kier molecular flexibility index (Phi) is 10.7. The number of aryl methyl sites for hydroxylation is 1. The number of rotatable bonds is 14. The summed E-state index contributed by atoms with van der Waals surface area (Å²) in [7, 11) is -11.9. The van der Waals surface area contributed by atoms with Gasteiger partial charge < -0.3 is 18.1 Å². The van der Waals surface area contributed by atoms with Crippen molar-refractivity contribution in [1.82, 2.24) is 4.72 Å². The molecule has 0 amide bonds. The summed E-state index contributed by atoms with van der Waals surface area (Å²) in [6.45, 7) is 8.44. The molecule has 9 nitrogen and oxygen atoms in total. The number of nitrogens with one attached hydrogen (secondary N) is 1. The van der Waals surface area contributed by atoms with Crippen molar-refractivity contribution in [2.24, 2.45) is 0 Å². The van der Waals surface area contributed by atoms with Crippen LogP contribution in [0.2, 0.25) is 0 Å². The van der Waals surface area contributed by atoms with Gasteiger partial charge in [0.15, 0.2) is 0 Å². The van der Waals surface area contributed by atoms with Crippen LogP contribution in [0.25, 0.3) is 0 Å². The molecule has 0 aliphatic heterocycles. The number of hydrogen-bond donors (Lipinski definition) is 1. The minimum atomic E-state index is -4.11. The summed E-state index contributed by atoms with van der Waals surface area (Å²) in [5.41, 5.74) is 0.881. The molecule has 0 fully saturated rings. The van der Waals surface area contributed by atoms with E-state index in [1.165, 1.54) is 12.1 Å². The van der Waals surface area contributed by atoms with Crippen molar-refractivity contribution in [3.05, 3.63) is 29.8 Å². The Balaban J connectivity index is 3.36. The summed E-state index contributed by atoms with van der Waals surface area (Å²) >= 11 is 0. The molecule has 0 spiro atoms. The second kappa shape index (κ2) is 11.7. The molecule has 1 unspecified atom stereocenters. The Labute approximate surface area is 173 Å². The normalized spacial score (nSPS) is 14.1. The predicted octanol–water partition coefficient (Wildman–Crippen LogP) is 4.13. The number of hydrogen-bond acceptors (Lipinski definition) is 8. The van der Waals surface area contributed by atoms with E-state index in [9.17, 15) is 17.5 Å². The van der Waals surface area contributed by atoms with E-state index in [0.29, 0.717) is 0 Å². The minimum absolute atomic E-state index is 0.00755. The molecular weight excluding hydrogens is 440 g/mol. The third-order valence-corrected chi connectivity index (χ3v) is 10.0. The van der Waals surface area contributed by atoms with Crippen LogP contribution >= 0.6 is 15.2 Å². The van der Waals surface area contributed by atoms with Crippen molar-refractivity contribution in [3.8, 4) is 0 Å². The fraction of sp³-hybridized carbons (Fsp3) is 0.647. The second-order valence-corrected chi connectivity index (χ2v) is 12.0. The Morgan fingerprint density at radius 1 is 0.862 bits per heavy atom. The Morgan fingerprint density at radius 3 is 1.72 bits per heavy atom. The van der Waals surface area contributed by atoms with Gasteiger partial charge in [0, 0.05) is 0 Å².